The molecule has 0 aliphatic carbocycles. The fourth-order valence-electron chi connectivity index (χ4n) is 1.31. The van der Waals surface area contributed by atoms with Crippen molar-refractivity contribution < 1.29 is 0 Å². The van der Waals surface area contributed by atoms with Gasteiger partial charge in [-0.25, -0.2) is 0 Å². The number of hydrogen-bond acceptors (Lipinski definition) is 0. The topological polar surface area (TPSA) is 0 Å². The van der Waals surface area contributed by atoms with Gasteiger partial charge in [-0.1, -0.05) is 56.7 Å². The Morgan fingerprint density at radius 1 is 0.533 bits per heavy atom. The Balaban J connectivity index is 3.20. The van der Waals surface area contributed by atoms with Crippen molar-refractivity contribution in [2.45, 2.75) is 58.8 Å². The highest BCUT2D eigenvalue weighted by atomic mass is 13.9. The third kappa shape index (κ3) is 13.2. The summed E-state index contributed by atoms with van der Waals surface area (Å²) in [4.78, 5) is 0. The summed E-state index contributed by atoms with van der Waals surface area (Å²) in [6.45, 7) is 4.39. The molecule has 0 aromatic heterocycles. The van der Waals surface area contributed by atoms with Gasteiger partial charge in [0.15, 0.2) is 0 Å². The van der Waals surface area contributed by atoms with Crippen molar-refractivity contribution in [1.82, 2.24) is 0 Å². The molecule has 0 saturated carbocycles. The van der Waals surface area contributed by atoms with Crippen molar-refractivity contribution >= 4 is 0 Å². The predicted octanol–water partition coefficient (Wildman–Crippen LogP) is 5.43. The number of rotatable bonds is 9. The van der Waals surface area contributed by atoms with E-state index in [0.29, 0.717) is 0 Å². The average molecular weight is 206 g/mol. The highest BCUT2D eigenvalue weighted by Gasteiger charge is 1.78. The van der Waals surface area contributed by atoms with Crippen molar-refractivity contribution in [3.63, 3.8) is 0 Å². The lowest BCUT2D eigenvalue weighted by Gasteiger charge is -1.89. The van der Waals surface area contributed by atoms with Crippen LogP contribution in [0, 0.1) is 0 Å². The molecule has 0 radical (unpaired) electrons. The summed E-state index contributed by atoms with van der Waals surface area (Å²) in [7, 11) is 0. The Morgan fingerprint density at radius 3 is 1.33 bits per heavy atom. The fourth-order valence-corrected chi connectivity index (χ4v) is 1.31. The average Bonchev–Trinajstić information content (AvgIpc) is 2.26. The quantitative estimate of drug-likeness (QED) is 0.349. The number of unbranched alkanes of at least 4 members (excludes halogenated alkanes) is 3. The van der Waals surface area contributed by atoms with Gasteiger partial charge < -0.3 is 0 Å². The molecular formula is C15H26. The molecule has 0 heteroatoms. The zero-order valence-corrected chi connectivity index (χ0v) is 10.4. The highest BCUT2D eigenvalue weighted by molar-refractivity contribution is 4.90. The molecule has 0 atom stereocenters. The molecular weight excluding hydrogens is 180 g/mol. The molecule has 0 bridgehead atoms. The van der Waals surface area contributed by atoms with E-state index in [1.165, 1.54) is 38.5 Å². The van der Waals surface area contributed by atoms with Crippen LogP contribution in [-0.4, -0.2) is 0 Å². The van der Waals surface area contributed by atoms with Crippen LogP contribution in [0.1, 0.15) is 58.8 Å². The second-order valence-corrected chi connectivity index (χ2v) is 3.77. The summed E-state index contributed by atoms with van der Waals surface area (Å²) < 4.78 is 0. The first-order valence-corrected chi connectivity index (χ1v) is 6.36. The van der Waals surface area contributed by atoms with Crippen LogP contribution in [0.3, 0.4) is 0 Å². The lowest BCUT2D eigenvalue weighted by atomic mass is 10.2. The van der Waals surface area contributed by atoms with Gasteiger partial charge >= 0.3 is 0 Å². The maximum absolute atomic E-state index is 2.30. The van der Waals surface area contributed by atoms with Gasteiger partial charge in [-0.15, -0.1) is 0 Å². The highest BCUT2D eigenvalue weighted by Crippen LogP contribution is 1.99. The van der Waals surface area contributed by atoms with Crippen LogP contribution in [0.2, 0.25) is 0 Å². The molecule has 0 aliphatic rings. The summed E-state index contributed by atoms with van der Waals surface area (Å²) in [5, 5.41) is 0. The molecule has 0 fully saturated rings. The van der Waals surface area contributed by atoms with Crippen LogP contribution in [0.15, 0.2) is 36.5 Å². The molecule has 0 aromatic rings. The van der Waals surface area contributed by atoms with Crippen LogP contribution in [-0.2, 0) is 0 Å². The zero-order chi connectivity index (χ0) is 11.2. The summed E-state index contributed by atoms with van der Waals surface area (Å²) in [5.74, 6) is 0. The van der Waals surface area contributed by atoms with Crippen molar-refractivity contribution in [2.75, 3.05) is 0 Å². The summed E-state index contributed by atoms with van der Waals surface area (Å²) in [5.41, 5.74) is 0. The summed E-state index contributed by atoms with van der Waals surface area (Å²) >= 11 is 0. The standard InChI is InChI=1S/C15H26/c1-3-5-7-9-11-13-15-14-12-10-8-6-4-2/h5,7-8,10,13,15H,3-4,6,9,11-12,14H2,1-2H3/b7-5+,10-8+,15-13+. The molecule has 0 heterocycles. The van der Waals surface area contributed by atoms with E-state index in [1.54, 1.807) is 0 Å². The van der Waals surface area contributed by atoms with E-state index in [1.807, 2.05) is 0 Å². The van der Waals surface area contributed by atoms with Crippen molar-refractivity contribution in [3.05, 3.63) is 36.5 Å². The van der Waals surface area contributed by atoms with Gasteiger partial charge in [-0.2, -0.15) is 0 Å². The third-order valence-electron chi connectivity index (χ3n) is 2.19. The van der Waals surface area contributed by atoms with Crippen molar-refractivity contribution in [2.24, 2.45) is 0 Å². The normalized spacial score (nSPS) is 12.4. The maximum atomic E-state index is 2.30. The second-order valence-electron chi connectivity index (χ2n) is 3.77. The maximum Gasteiger partial charge on any atom is -0.0316 e. The van der Waals surface area contributed by atoms with Crippen LogP contribution in [0.25, 0.3) is 0 Å². The number of allylic oxidation sites excluding steroid dienone is 6. The minimum absolute atomic E-state index is 1.16. The van der Waals surface area contributed by atoms with Crippen molar-refractivity contribution in [3.8, 4) is 0 Å². The molecule has 0 N–H and O–H groups in total. The molecule has 0 aromatic carbocycles. The van der Waals surface area contributed by atoms with E-state index in [4.69, 9.17) is 0 Å². The largest absolute Gasteiger partial charge is 0.0888 e. The van der Waals surface area contributed by atoms with Gasteiger partial charge in [0.05, 0.1) is 0 Å². The molecule has 0 rings (SSSR count). The van der Waals surface area contributed by atoms with Crippen LogP contribution in [0.5, 0.6) is 0 Å². The molecule has 0 spiro atoms. The first kappa shape index (κ1) is 14.2. The molecule has 0 aliphatic heterocycles. The van der Waals surface area contributed by atoms with E-state index < -0.39 is 0 Å². The SMILES string of the molecule is CC/C=C/CC/C=C/CC/C=C/CCC. The minimum Gasteiger partial charge on any atom is -0.0888 e. The van der Waals surface area contributed by atoms with Gasteiger partial charge in [-0.05, 0) is 38.5 Å². The fraction of sp³-hybridized carbons (Fsp3) is 0.600. The minimum atomic E-state index is 1.16. The first-order valence-electron chi connectivity index (χ1n) is 6.36. The Labute approximate surface area is 95.8 Å². The van der Waals surface area contributed by atoms with Gasteiger partial charge in [-0.3, -0.25) is 0 Å². The van der Waals surface area contributed by atoms with E-state index in [9.17, 15) is 0 Å². The summed E-state index contributed by atoms with van der Waals surface area (Å²) in [6.07, 6.45) is 22.1. The smallest absolute Gasteiger partial charge is 0.0316 e. The van der Waals surface area contributed by atoms with Gasteiger partial charge in [0.1, 0.15) is 0 Å². The lowest BCUT2D eigenvalue weighted by Crippen LogP contribution is -1.68. The molecule has 15 heavy (non-hydrogen) atoms. The molecule has 0 unspecified atom stereocenters. The third-order valence-corrected chi connectivity index (χ3v) is 2.19. The molecule has 0 amide bonds. The van der Waals surface area contributed by atoms with Gasteiger partial charge in [0.25, 0.3) is 0 Å². The van der Waals surface area contributed by atoms with E-state index >= 15 is 0 Å². The Bertz CT molecular complexity index is 184. The van der Waals surface area contributed by atoms with Crippen LogP contribution in [0.4, 0.5) is 0 Å². The first-order chi connectivity index (χ1) is 7.41. The lowest BCUT2D eigenvalue weighted by molar-refractivity contribution is 0.941. The second kappa shape index (κ2) is 13.2. The van der Waals surface area contributed by atoms with Crippen LogP contribution >= 0.6 is 0 Å². The molecule has 0 saturated heterocycles. The predicted molar refractivity (Wildman–Crippen MR) is 71.1 cm³/mol. The summed E-state index contributed by atoms with van der Waals surface area (Å²) in [6, 6.07) is 0. The van der Waals surface area contributed by atoms with Gasteiger partial charge in [0, 0.05) is 0 Å². The van der Waals surface area contributed by atoms with E-state index in [2.05, 4.69) is 50.3 Å². The Morgan fingerprint density at radius 2 is 0.933 bits per heavy atom. The van der Waals surface area contributed by atoms with E-state index in [-0.39, 0.29) is 0 Å². The van der Waals surface area contributed by atoms with E-state index in [0.717, 1.165) is 6.42 Å². The Hall–Kier alpha value is -0.780. The molecule has 0 nitrogen and oxygen atoms in total. The molecule has 86 valence electrons. The van der Waals surface area contributed by atoms with Gasteiger partial charge in [0.2, 0.25) is 0 Å². The monoisotopic (exact) mass is 206 g/mol. The van der Waals surface area contributed by atoms with Crippen molar-refractivity contribution in [1.29, 1.82) is 0 Å². The zero-order valence-electron chi connectivity index (χ0n) is 10.4. The van der Waals surface area contributed by atoms with Crippen LogP contribution < -0.4 is 0 Å². The number of hydrogen-bond donors (Lipinski definition) is 0. The Kier molecular flexibility index (Phi) is 12.5.